The lowest BCUT2D eigenvalue weighted by Crippen LogP contribution is -2.36. The lowest BCUT2D eigenvalue weighted by Gasteiger charge is -2.24. The van der Waals surface area contributed by atoms with Gasteiger partial charge in [0, 0.05) is 19.6 Å². The summed E-state index contributed by atoms with van der Waals surface area (Å²) in [6.07, 6.45) is 3.08. The minimum atomic E-state index is -0.0200. The molecule has 0 bridgehead atoms. The minimum absolute atomic E-state index is 0.0200. The molecule has 1 aromatic heterocycles. The van der Waals surface area contributed by atoms with Gasteiger partial charge < -0.3 is 10.2 Å². The monoisotopic (exact) mass is 281 g/mol. The number of carbonyl (C=O) groups is 1. The second-order valence-electron chi connectivity index (χ2n) is 4.48. The maximum atomic E-state index is 12.3. The summed E-state index contributed by atoms with van der Waals surface area (Å²) in [5, 5.41) is 3.12. The Bertz CT molecular complexity index is 411. The molecule has 0 saturated carbocycles. The van der Waals surface area contributed by atoms with Crippen LogP contribution in [-0.2, 0) is 0 Å². The zero-order valence-electron chi connectivity index (χ0n) is 12.1. The lowest BCUT2D eigenvalue weighted by molar-refractivity contribution is 0.0735. The Morgan fingerprint density at radius 2 is 2.26 bits per heavy atom. The van der Waals surface area contributed by atoms with Crippen LogP contribution in [0.1, 0.15) is 30.8 Å². The number of hydrogen-bond acceptors (Lipinski definition) is 4. The maximum absolute atomic E-state index is 12.3. The van der Waals surface area contributed by atoms with Crippen molar-refractivity contribution in [2.45, 2.75) is 26.3 Å². The molecule has 0 aromatic carbocycles. The van der Waals surface area contributed by atoms with E-state index in [0.717, 1.165) is 24.5 Å². The molecule has 0 fully saturated rings. The zero-order chi connectivity index (χ0) is 14.3. The van der Waals surface area contributed by atoms with Crippen LogP contribution >= 0.6 is 11.8 Å². The van der Waals surface area contributed by atoms with E-state index in [-0.39, 0.29) is 11.9 Å². The average Bonchev–Trinajstić information content (AvgIpc) is 2.43. The van der Waals surface area contributed by atoms with Gasteiger partial charge in [-0.05, 0) is 44.4 Å². The number of pyridine rings is 1. The standard InChI is InChI=1S/C14H23N3OS/c1-5-15-13-8-6-7-12(16-13)14(18)17(3)11(2)9-10-19-4/h6-8,11H,5,9-10H2,1-4H3,(H,15,16). The molecule has 1 unspecified atom stereocenters. The average molecular weight is 281 g/mol. The molecule has 19 heavy (non-hydrogen) atoms. The minimum Gasteiger partial charge on any atom is -0.370 e. The van der Waals surface area contributed by atoms with Gasteiger partial charge in [0.05, 0.1) is 0 Å². The summed E-state index contributed by atoms with van der Waals surface area (Å²) in [4.78, 5) is 18.4. The molecule has 0 aliphatic heterocycles. The second kappa shape index (κ2) is 8.04. The Labute approximate surface area is 120 Å². The van der Waals surface area contributed by atoms with Gasteiger partial charge in [0.15, 0.2) is 0 Å². The molecule has 1 aromatic rings. The van der Waals surface area contributed by atoms with Crippen LogP contribution in [0.25, 0.3) is 0 Å². The molecule has 4 nitrogen and oxygen atoms in total. The number of nitrogens with zero attached hydrogens (tertiary/aromatic N) is 2. The quantitative estimate of drug-likeness (QED) is 0.834. The summed E-state index contributed by atoms with van der Waals surface area (Å²) in [6, 6.07) is 5.72. The van der Waals surface area contributed by atoms with E-state index in [1.54, 1.807) is 22.7 Å². The van der Waals surface area contributed by atoms with Gasteiger partial charge in [-0.3, -0.25) is 4.79 Å². The Morgan fingerprint density at radius 3 is 2.89 bits per heavy atom. The lowest BCUT2D eigenvalue weighted by atomic mass is 10.2. The van der Waals surface area contributed by atoms with Crippen molar-refractivity contribution in [1.82, 2.24) is 9.88 Å². The summed E-state index contributed by atoms with van der Waals surface area (Å²) >= 11 is 1.80. The zero-order valence-corrected chi connectivity index (χ0v) is 13.0. The molecule has 0 spiro atoms. The fourth-order valence-electron chi connectivity index (χ4n) is 1.70. The largest absolute Gasteiger partial charge is 0.370 e. The highest BCUT2D eigenvalue weighted by Crippen LogP contribution is 2.11. The van der Waals surface area contributed by atoms with Crippen molar-refractivity contribution in [3.63, 3.8) is 0 Å². The van der Waals surface area contributed by atoms with Gasteiger partial charge in [-0.2, -0.15) is 11.8 Å². The molecular formula is C14H23N3OS. The Hall–Kier alpha value is -1.23. The number of carbonyl (C=O) groups excluding carboxylic acids is 1. The molecule has 1 rings (SSSR count). The maximum Gasteiger partial charge on any atom is 0.272 e. The molecule has 1 atom stereocenters. The van der Waals surface area contributed by atoms with Crippen molar-refractivity contribution in [2.24, 2.45) is 0 Å². The van der Waals surface area contributed by atoms with Crippen molar-refractivity contribution in [3.8, 4) is 0 Å². The van der Waals surface area contributed by atoms with Gasteiger partial charge in [-0.1, -0.05) is 6.07 Å². The molecule has 1 heterocycles. The highest BCUT2D eigenvalue weighted by molar-refractivity contribution is 7.98. The summed E-state index contributed by atoms with van der Waals surface area (Å²) in [6.45, 7) is 4.87. The molecule has 1 amide bonds. The normalized spacial score (nSPS) is 12.0. The van der Waals surface area contributed by atoms with E-state index in [0.29, 0.717) is 5.69 Å². The first-order chi connectivity index (χ1) is 9.10. The van der Waals surface area contributed by atoms with Crippen LogP contribution in [0, 0.1) is 0 Å². The topological polar surface area (TPSA) is 45.2 Å². The van der Waals surface area contributed by atoms with Crippen molar-refractivity contribution >= 4 is 23.5 Å². The van der Waals surface area contributed by atoms with E-state index in [9.17, 15) is 4.79 Å². The van der Waals surface area contributed by atoms with Crippen LogP contribution in [-0.4, -0.2) is 47.4 Å². The van der Waals surface area contributed by atoms with Crippen molar-refractivity contribution in [2.75, 3.05) is 30.9 Å². The van der Waals surface area contributed by atoms with E-state index in [1.165, 1.54) is 0 Å². The van der Waals surface area contributed by atoms with Crippen LogP contribution < -0.4 is 5.32 Å². The SMILES string of the molecule is CCNc1cccc(C(=O)N(C)C(C)CCSC)n1. The van der Waals surface area contributed by atoms with Gasteiger partial charge in [0.2, 0.25) is 0 Å². The third-order valence-corrected chi connectivity index (χ3v) is 3.69. The van der Waals surface area contributed by atoms with Gasteiger partial charge in [-0.25, -0.2) is 4.98 Å². The van der Waals surface area contributed by atoms with E-state index in [1.807, 2.05) is 26.1 Å². The van der Waals surface area contributed by atoms with Gasteiger partial charge in [0.1, 0.15) is 11.5 Å². The van der Waals surface area contributed by atoms with E-state index < -0.39 is 0 Å². The van der Waals surface area contributed by atoms with Crippen molar-refractivity contribution in [3.05, 3.63) is 23.9 Å². The number of thioether (sulfide) groups is 1. The second-order valence-corrected chi connectivity index (χ2v) is 5.47. The van der Waals surface area contributed by atoms with Gasteiger partial charge in [0.25, 0.3) is 5.91 Å². The van der Waals surface area contributed by atoms with Gasteiger partial charge in [-0.15, -0.1) is 0 Å². The molecule has 106 valence electrons. The fourth-order valence-corrected chi connectivity index (χ4v) is 2.27. The Balaban J connectivity index is 2.73. The third kappa shape index (κ3) is 4.74. The fraction of sp³-hybridized carbons (Fsp3) is 0.571. The molecule has 0 radical (unpaired) electrons. The summed E-state index contributed by atoms with van der Waals surface area (Å²) in [7, 11) is 1.84. The van der Waals surface area contributed by atoms with E-state index in [2.05, 4.69) is 23.5 Å². The first-order valence-corrected chi connectivity index (χ1v) is 7.96. The van der Waals surface area contributed by atoms with Crippen LogP contribution in [0.4, 0.5) is 5.82 Å². The Morgan fingerprint density at radius 1 is 1.53 bits per heavy atom. The first-order valence-electron chi connectivity index (χ1n) is 6.57. The number of rotatable bonds is 7. The number of aromatic nitrogens is 1. The van der Waals surface area contributed by atoms with E-state index >= 15 is 0 Å². The predicted molar refractivity (Wildman–Crippen MR) is 83.0 cm³/mol. The van der Waals surface area contributed by atoms with Crippen LogP contribution in [0.3, 0.4) is 0 Å². The predicted octanol–water partition coefficient (Wildman–Crippen LogP) is 2.73. The highest BCUT2D eigenvalue weighted by atomic mass is 32.2. The summed E-state index contributed by atoms with van der Waals surface area (Å²) in [5.74, 6) is 1.79. The molecule has 0 aliphatic carbocycles. The number of hydrogen-bond donors (Lipinski definition) is 1. The Kier molecular flexibility index (Phi) is 6.70. The van der Waals surface area contributed by atoms with Crippen molar-refractivity contribution < 1.29 is 4.79 Å². The number of anilines is 1. The van der Waals surface area contributed by atoms with Gasteiger partial charge >= 0.3 is 0 Å². The summed E-state index contributed by atoms with van der Waals surface area (Å²) in [5.41, 5.74) is 0.497. The smallest absolute Gasteiger partial charge is 0.272 e. The number of amides is 1. The van der Waals surface area contributed by atoms with Crippen LogP contribution in [0.15, 0.2) is 18.2 Å². The highest BCUT2D eigenvalue weighted by Gasteiger charge is 2.18. The van der Waals surface area contributed by atoms with Crippen LogP contribution in [0.2, 0.25) is 0 Å². The van der Waals surface area contributed by atoms with Crippen molar-refractivity contribution in [1.29, 1.82) is 0 Å². The summed E-state index contributed by atoms with van der Waals surface area (Å²) < 4.78 is 0. The third-order valence-electron chi connectivity index (χ3n) is 3.05. The number of nitrogens with one attached hydrogen (secondary N) is 1. The van der Waals surface area contributed by atoms with E-state index in [4.69, 9.17) is 0 Å². The van der Waals surface area contributed by atoms with Crippen LogP contribution in [0.5, 0.6) is 0 Å². The molecule has 0 saturated heterocycles. The first kappa shape index (κ1) is 15.8. The molecule has 1 N–H and O–H groups in total. The molecule has 0 aliphatic rings. The molecule has 5 heteroatoms. The molecular weight excluding hydrogens is 258 g/mol.